The average Bonchev–Trinajstić information content (AvgIpc) is 2.80. The van der Waals surface area contributed by atoms with Gasteiger partial charge in [0.15, 0.2) is 0 Å². The molecular weight excluding hydrogens is 318 g/mol. The van der Waals surface area contributed by atoms with Crippen molar-refractivity contribution in [2.24, 2.45) is 5.73 Å². The molecule has 1 amide bonds. The lowest BCUT2D eigenvalue weighted by Gasteiger charge is -2.23. The number of primary amides is 1. The molecule has 0 radical (unpaired) electrons. The van der Waals surface area contributed by atoms with Crippen molar-refractivity contribution in [1.82, 2.24) is 14.5 Å². The third-order valence-electron chi connectivity index (χ3n) is 4.76. The molecule has 0 unspecified atom stereocenters. The summed E-state index contributed by atoms with van der Waals surface area (Å²) in [4.78, 5) is 21.2. The molecular formula is C18H27N5O2. The first-order valence-corrected chi connectivity index (χ1v) is 9.03. The van der Waals surface area contributed by atoms with E-state index in [1.54, 1.807) is 6.07 Å². The molecule has 0 atom stereocenters. The summed E-state index contributed by atoms with van der Waals surface area (Å²) in [6.45, 7) is 7.69. The number of hydrogen-bond acceptors (Lipinski definition) is 5. The van der Waals surface area contributed by atoms with Crippen LogP contribution in [0, 0.1) is 0 Å². The molecule has 0 spiro atoms. The number of nitrogens with two attached hydrogens (primary N) is 1. The summed E-state index contributed by atoms with van der Waals surface area (Å²) in [5.41, 5.74) is 7.40. The first-order chi connectivity index (χ1) is 12.2. The maximum Gasteiger partial charge on any atom is 0.250 e. The van der Waals surface area contributed by atoms with Gasteiger partial charge in [-0.2, -0.15) is 0 Å². The number of aromatic nitrogens is 2. The number of benzene rings is 1. The standard InChI is InChI=1S/C18H27N5O2/c1-2-7-21-8-4-9-22(11-10-21)18-20-16-14(17(19)25)5-3-6-15(16)23(18)12-13-24/h3,5-6,24H,2,4,7-13H2,1H3,(H2,19,25). The molecule has 136 valence electrons. The monoisotopic (exact) mass is 345 g/mol. The Hall–Kier alpha value is -2.12. The number of amides is 1. The number of para-hydroxylation sites is 1. The first-order valence-electron chi connectivity index (χ1n) is 9.03. The van der Waals surface area contributed by atoms with Crippen LogP contribution < -0.4 is 10.6 Å². The molecule has 2 heterocycles. The van der Waals surface area contributed by atoms with E-state index < -0.39 is 5.91 Å². The number of carbonyl (C=O) groups excluding carboxylic acids is 1. The smallest absolute Gasteiger partial charge is 0.250 e. The van der Waals surface area contributed by atoms with Gasteiger partial charge >= 0.3 is 0 Å². The van der Waals surface area contributed by atoms with Crippen molar-refractivity contribution >= 4 is 22.9 Å². The summed E-state index contributed by atoms with van der Waals surface area (Å²) in [5, 5.41) is 9.50. The average molecular weight is 345 g/mol. The zero-order chi connectivity index (χ0) is 17.8. The van der Waals surface area contributed by atoms with Gasteiger partial charge in [0.25, 0.3) is 5.91 Å². The summed E-state index contributed by atoms with van der Waals surface area (Å²) in [6.07, 6.45) is 2.23. The highest BCUT2D eigenvalue weighted by molar-refractivity contribution is 6.04. The largest absolute Gasteiger partial charge is 0.395 e. The van der Waals surface area contributed by atoms with Crippen molar-refractivity contribution in [3.8, 4) is 0 Å². The molecule has 2 aromatic rings. The molecule has 7 nitrogen and oxygen atoms in total. The summed E-state index contributed by atoms with van der Waals surface area (Å²) in [5.74, 6) is 0.340. The number of carbonyl (C=O) groups is 1. The van der Waals surface area contributed by atoms with Crippen molar-refractivity contribution in [3.05, 3.63) is 23.8 Å². The van der Waals surface area contributed by atoms with Crippen LogP contribution in [-0.2, 0) is 6.54 Å². The van der Waals surface area contributed by atoms with E-state index in [4.69, 9.17) is 10.7 Å². The van der Waals surface area contributed by atoms with Crippen LogP contribution in [0.25, 0.3) is 11.0 Å². The fourth-order valence-electron chi connectivity index (χ4n) is 3.61. The van der Waals surface area contributed by atoms with E-state index in [1.807, 2.05) is 16.7 Å². The van der Waals surface area contributed by atoms with Gasteiger partial charge in [-0.05, 0) is 38.1 Å². The van der Waals surface area contributed by atoms with Crippen molar-refractivity contribution < 1.29 is 9.90 Å². The Kier molecular flexibility index (Phi) is 5.55. The summed E-state index contributed by atoms with van der Waals surface area (Å²) in [6, 6.07) is 5.44. The fourth-order valence-corrected chi connectivity index (χ4v) is 3.61. The second-order valence-electron chi connectivity index (χ2n) is 6.51. The number of nitrogens with zero attached hydrogens (tertiary/aromatic N) is 4. The predicted molar refractivity (Wildman–Crippen MR) is 98.9 cm³/mol. The Labute approximate surface area is 148 Å². The zero-order valence-corrected chi connectivity index (χ0v) is 14.8. The number of imidazole rings is 1. The zero-order valence-electron chi connectivity index (χ0n) is 14.8. The highest BCUT2D eigenvalue weighted by Crippen LogP contribution is 2.26. The van der Waals surface area contributed by atoms with Crippen LogP contribution in [0.1, 0.15) is 30.1 Å². The number of aliphatic hydroxyl groups excluding tert-OH is 1. The molecule has 1 aromatic carbocycles. The topological polar surface area (TPSA) is 87.6 Å². The van der Waals surface area contributed by atoms with Crippen molar-refractivity contribution in [1.29, 1.82) is 0 Å². The van der Waals surface area contributed by atoms with E-state index in [0.29, 0.717) is 17.6 Å². The molecule has 3 rings (SSSR count). The lowest BCUT2D eigenvalue weighted by molar-refractivity contribution is 0.100. The van der Waals surface area contributed by atoms with Gasteiger partial charge < -0.3 is 25.2 Å². The molecule has 0 bridgehead atoms. The Balaban J connectivity index is 1.98. The quantitative estimate of drug-likeness (QED) is 0.817. The number of aliphatic hydroxyl groups is 1. The normalized spacial score (nSPS) is 16.3. The maximum absolute atomic E-state index is 11.7. The van der Waals surface area contributed by atoms with E-state index in [0.717, 1.165) is 57.0 Å². The van der Waals surface area contributed by atoms with Gasteiger partial charge in [0, 0.05) is 26.2 Å². The lowest BCUT2D eigenvalue weighted by Crippen LogP contribution is -2.32. The summed E-state index contributed by atoms with van der Waals surface area (Å²) in [7, 11) is 0. The van der Waals surface area contributed by atoms with E-state index in [1.165, 1.54) is 0 Å². The van der Waals surface area contributed by atoms with Crippen LogP contribution in [0.3, 0.4) is 0 Å². The van der Waals surface area contributed by atoms with Crippen LogP contribution >= 0.6 is 0 Å². The van der Waals surface area contributed by atoms with Gasteiger partial charge in [0.1, 0.15) is 5.52 Å². The van der Waals surface area contributed by atoms with Gasteiger partial charge in [-0.15, -0.1) is 0 Å². The second-order valence-corrected chi connectivity index (χ2v) is 6.51. The molecule has 7 heteroatoms. The van der Waals surface area contributed by atoms with Crippen LogP contribution in [-0.4, -0.2) is 64.8 Å². The molecule has 1 fully saturated rings. The SMILES string of the molecule is CCCN1CCCN(c2nc3c(C(N)=O)cccc3n2CCO)CC1. The molecule has 0 aliphatic carbocycles. The molecule has 1 aliphatic heterocycles. The number of rotatable bonds is 6. The third kappa shape index (κ3) is 3.62. The second kappa shape index (κ2) is 7.84. The number of anilines is 1. The molecule has 1 aromatic heterocycles. The van der Waals surface area contributed by atoms with Gasteiger partial charge in [-0.3, -0.25) is 4.79 Å². The predicted octanol–water partition coefficient (Wildman–Crippen LogP) is 1.05. The minimum absolute atomic E-state index is 0.0229. The van der Waals surface area contributed by atoms with Crippen LogP contribution in [0.4, 0.5) is 5.95 Å². The van der Waals surface area contributed by atoms with Crippen molar-refractivity contribution in [2.45, 2.75) is 26.3 Å². The minimum Gasteiger partial charge on any atom is -0.395 e. The van der Waals surface area contributed by atoms with Gasteiger partial charge in [0.2, 0.25) is 5.95 Å². The van der Waals surface area contributed by atoms with Crippen LogP contribution in [0.15, 0.2) is 18.2 Å². The minimum atomic E-state index is -0.476. The van der Waals surface area contributed by atoms with E-state index >= 15 is 0 Å². The van der Waals surface area contributed by atoms with Gasteiger partial charge in [0.05, 0.1) is 17.7 Å². The van der Waals surface area contributed by atoms with Crippen LogP contribution in [0.5, 0.6) is 0 Å². The summed E-state index contributed by atoms with van der Waals surface area (Å²) < 4.78 is 2.00. The van der Waals surface area contributed by atoms with E-state index in [-0.39, 0.29) is 6.61 Å². The molecule has 25 heavy (non-hydrogen) atoms. The fraction of sp³-hybridized carbons (Fsp3) is 0.556. The molecule has 1 saturated heterocycles. The van der Waals surface area contributed by atoms with Gasteiger partial charge in [-0.1, -0.05) is 13.0 Å². The number of hydrogen-bond donors (Lipinski definition) is 2. The van der Waals surface area contributed by atoms with Crippen LogP contribution in [0.2, 0.25) is 0 Å². The summed E-state index contributed by atoms with van der Waals surface area (Å²) >= 11 is 0. The highest BCUT2D eigenvalue weighted by atomic mass is 16.3. The Morgan fingerprint density at radius 1 is 1.24 bits per heavy atom. The molecule has 3 N–H and O–H groups in total. The van der Waals surface area contributed by atoms with E-state index in [9.17, 15) is 9.90 Å². The van der Waals surface area contributed by atoms with Crippen molar-refractivity contribution in [2.75, 3.05) is 44.2 Å². The Morgan fingerprint density at radius 3 is 2.80 bits per heavy atom. The van der Waals surface area contributed by atoms with Crippen molar-refractivity contribution in [3.63, 3.8) is 0 Å². The molecule has 1 aliphatic rings. The Bertz CT molecular complexity index is 742. The first kappa shape index (κ1) is 17.7. The maximum atomic E-state index is 11.7. The third-order valence-corrected chi connectivity index (χ3v) is 4.76. The van der Waals surface area contributed by atoms with E-state index in [2.05, 4.69) is 16.7 Å². The highest BCUT2D eigenvalue weighted by Gasteiger charge is 2.22. The Morgan fingerprint density at radius 2 is 2.08 bits per heavy atom. The number of fused-ring (bicyclic) bond motifs is 1. The lowest BCUT2D eigenvalue weighted by atomic mass is 10.2. The molecule has 0 saturated carbocycles. The van der Waals surface area contributed by atoms with Gasteiger partial charge in [-0.25, -0.2) is 4.98 Å².